The first kappa shape index (κ1) is 8.22. The van der Waals surface area contributed by atoms with Gasteiger partial charge in [-0.05, 0) is 5.46 Å². The van der Waals surface area contributed by atoms with Gasteiger partial charge in [0, 0.05) is 4.88 Å². The molecular weight excluding hydrogens is 145 g/mol. The maximum atomic E-state index is 8.52. The van der Waals surface area contributed by atoms with Crippen molar-refractivity contribution in [2.45, 2.75) is 0 Å². The topological polar surface area (TPSA) is 60.7 Å². The van der Waals surface area contributed by atoms with Crippen molar-refractivity contribution in [1.29, 1.82) is 0 Å². The summed E-state index contributed by atoms with van der Waals surface area (Å²) in [7, 11) is -0.235. The van der Waals surface area contributed by atoms with Gasteiger partial charge in [-0.3, -0.25) is 0 Å². The van der Waals surface area contributed by atoms with Crippen LogP contribution in [0.15, 0.2) is 30.3 Å². The lowest BCUT2D eigenvalue weighted by Crippen LogP contribution is -2.46. The van der Waals surface area contributed by atoms with Crippen LogP contribution in [0.3, 0.4) is 0 Å². The smallest absolute Gasteiger partial charge is 0.170 e. The Kier molecular flexibility index (Phi) is 2.26. The molecule has 0 aromatic heterocycles. The third-order valence-electron chi connectivity index (χ3n) is 1.24. The Hall–Kier alpha value is -0.875. The van der Waals surface area contributed by atoms with Gasteiger partial charge in [-0.15, -0.1) is 0 Å². The molecule has 0 bridgehead atoms. The molecule has 11 heavy (non-hydrogen) atoms. The SMILES string of the molecule is O[N+](O)(O)Bc1ccccc1. The fourth-order valence-corrected chi connectivity index (χ4v) is 0.828. The van der Waals surface area contributed by atoms with Gasteiger partial charge >= 0.3 is 7.41 Å². The van der Waals surface area contributed by atoms with Crippen molar-refractivity contribution in [2.24, 2.45) is 0 Å². The highest BCUT2D eigenvalue weighted by molar-refractivity contribution is 6.45. The van der Waals surface area contributed by atoms with Crippen molar-refractivity contribution in [1.82, 2.24) is 0 Å². The highest BCUT2D eigenvalue weighted by atomic mass is 17.0. The second kappa shape index (κ2) is 3.02. The summed E-state index contributed by atoms with van der Waals surface area (Å²) in [5.74, 6) is 0. The second-order valence-electron chi connectivity index (χ2n) is 2.34. The van der Waals surface area contributed by atoms with Crippen molar-refractivity contribution in [3.05, 3.63) is 30.3 Å². The Morgan fingerprint density at radius 2 is 1.55 bits per heavy atom. The van der Waals surface area contributed by atoms with Gasteiger partial charge in [0.15, 0.2) is 0 Å². The molecule has 3 N–H and O–H groups in total. The summed E-state index contributed by atoms with van der Waals surface area (Å²) in [6, 6.07) is 8.70. The van der Waals surface area contributed by atoms with Crippen LogP contribution in [-0.2, 0) is 0 Å². The number of rotatable bonds is 2. The lowest BCUT2D eigenvalue weighted by Gasteiger charge is -2.09. The molecule has 58 valence electrons. The number of benzene rings is 1. The normalized spacial score (nSPS) is 11.2. The van der Waals surface area contributed by atoms with Gasteiger partial charge in [-0.2, -0.15) is 15.6 Å². The van der Waals surface area contributed by atoms with Crippen molar-refractivity contribution in [3.8, 4) is 0 Å². The molecule has 0 radical (unpaired) electrons. The zero-order valence-corrected chi connectivity index (χ0v) is 5.88. The van der Waals surface area contributed by atoms with Crippen LogP contribution in [0.4, 0.5) is 0 Å². The molecule has 4 nitrogen and oxygen atoms in total. The lowest BCUT2D eigenvalue weighted by molar-refractivity contribution is -1.30. The van der Waals surface area contributed by atoms with Crippen molar-refractivity contribution < 1.29 is 20.5 Å². The minimum absolute atomic E-state index is 0.235. The van der Waals surface area contributed by atoms with E-state index in [0.717, 1.165) is 0 Å². The van der Waals surface area contributed by atoms with Gasteiger partial charge in [0.25, 0.3) is 0 Å². The van der Waals surface area contributed by atoms with Gasteiger partial charge in [-0.25, -0.2) is 0 Å². The molecule has 0 aliphatic rings. The lowest BCUT2D eigenvalue weighted by atomic mass is 9.84. The van der Waals surface area contributed by atoms with E-state index >= 15 is 0 Å². The van der Waals surface area contributed by atoms with E-state index < -0.39 is 4.88 Å². The third-order valence-corrected chi connectivity index (χ3v) is 1.24. The molecule has 0 atom stereocenters. The summed E-state index contributed by atoms with van der Waals surface area (Å²) < 4.78 is 0. The summed E-state index contributed by atoms with van der Waals surface area (Å²) in [4.78, 5) is -2.01. The predicted molar refractivity (Wildman–Crippen MR) is 38.8 cm³/mol. The van der Waals surface area contributed by atoms with E-state index in [0.29, 0.717) is 5.46 Å². The molecule has 0 saturated heterocycles. The Balaban J connectivity index is 2.66. The zero-order chi connectivity index (χ0) is 8.32. The average Bonchev–Trinajstić information content (AvgIpc) is 1.85. The van der Waals surface area contributed by atoms with Crippen LogP contribution < -0.4 is 5.46 Å². The number of hydrogen-bond acceptors (Lipinski definition) is 3. The van der Waals surface area contributed by atoms with E-state index in [1.165, 1.54) is 0 Å². The molecule has 0 aliphatic carbocycles. The molecule has 0 unspecified atom stereocenters. The molecule has 1 rings (SSSR count). The van der Waals surface area contributed by atoms with Crippen LogP contribution in [0.2, 0.25) is 0 Å². The molecule has 0 saturated carbocycles. The summed E-state index contributed by atoms with van der Waals surface area (Å²) in [5, 5.41) is 25.6. The molecule has 0 spiro atoms. The largest absolute Gasteiger partial charge is 0.534 e. The molecule has 1 aromatic rings. The Bertz CT molecular complexity index is 221. The van der Waals surface area contributed by atoms with Gasteiger partial charge in [0.2, 0.25) is 0 Å². The van der Waals surface area contributed by atoms with Gasteiger partial charge in [0.1, 0.15) is 0 Å². The van der Waals surface area contributed by atoms with Gasteiger partial charge < -0.3 is 0 Å². The quantitative estimate of drug-likeness (QED) is 0.403. The van der Waals surface area contributed by atoms with Gasteiger partial charge in [0.05, 0.1) is 0 Å². The standard InChI is InChI=1S/C6H9BNO3/c9-8(10,11)7-6-4-2-1-3-5-6/h1-5,7,9-11H/q+1. The first-order valence-electron chi connectivity index (χ1n) is 3.18. The number of hydrogen-bond donors (Lipinski definition) is 3. The van der Waals surface area contributed by atoms with Crippen molar-refractivity contribution in [3.63, 3.8) is 0 Å². The van der Waals surface area contributed by atoms with Crippen molar-refractivity contribution >= 4 is 12.9 Å². The summed E-state index contributed by atoms with van der Waals surface area (Å²) >= 11 is 0. The summed E-state index contributed by atoms with van der Waals surface area (Å²) in [6.07, 6.45) is 0. The molecule has 0 aliphatic heterocycles. The minimum Gasteiger partial charge on any atom is -0.170 e. The van der Waals surface area contributed by atoms with E-state index in [4.69, 9.17) is 15.6 Å². The van der Waals surface area contributed by atoms with Crippen LogP contribution in [0.5, 0.6) is 0 Å². The molecule has 0 amide bonds. The molecule has 1 aromatic carbocycles. The molecular formula is C6H9BNO3+. The van der Waals surface area contributed by atoms with Crippen LogP contribution in [0.25, 0.3) is 0 Å². The zero-order valence-electron chi connectivity index (χ0n) is 5.88. The van der Waals surface area contributed by atoms with E-state index in [2.05, 4.69) is 0 Å². The molecule has 0 heterocycles. The Labute approximate surface area is 64.7 Å². The maximum absolute atomic E-state index is 8.52. The van der Waals surface area contributed by atoms with Crippen LogP contribution in [0, 0.1) is 0 Å². The Morgan fingerprint density at radius 1 is 1.00 bits per heavy atom. The summed E-state index contributed by atoms with van der Waals surface area (Å²) in [6.45, 7) is 0. The molecule has 0 fully saturated rings. The third kappa shape index (κ3) is 3.15. The van der Waals surface area contributed by atoms with E-state index in [-0.39, 0.29) is 7.41 Å². The van der Waals surface area contributed by atoms with Crippen LogP contribution in [0.1, 0.15) is 0 Å². The number of quaternary nitrogens is 1. The van der Waals surface area contributed by atoms with Crippen LogP contribution >= 0.6 is 0 Å². The summed E-state index contributed by atoms with van der Waals surface area (Å²) in [5.41, 5.74) is 0.653. The molecule has 5 heteroatoms. The minimum atomic E-state index is -2.01. The second-order valence-corrected chi connectivity index (χ2v) is 2.34. The van der Waals surface area contributed by atoms with Gasteiger partial charge in [-0.1, -0.05) is 30.3 Å². The average molecular weight is 154 g/mol. The maximum Gasteiger partial charge on any atom is 0.534 e. The first-order valence-corrected chi connectivity index (χ1v) is 3.18. The first-order chi connectivity index (χ1) is 5.08. The fraction of sp³-hybridized carbons (Fsp3) is 0. The van der Waals surface area contributed by atoms with Crippen LogP contribution in [-0.4, -0.2) is 27.9 Å². The Morgan fingerprint density at radius 3 is 2.00 bits per heavy atom. The highest BCUT2D eigenvalue weighted by Crippen LogP contribution is 1.86. The van der Waals surface area contributed by atoms with Crippen molar-refractivity contribution in [2.75, 3.05) is 0 Å². The fourth-order valence-electron chi connectivity index (χ4n) is 0.828. The highest BCUT2D eigenvalue weighted by Gasteiger charge is 2.24. The van der Waals surface area contributed by atoms with E-state index in [1.54, 1.807) is 24.3 Å². The number of nitrogens with zero attached hydrogens (tertiary/aromatic N) is 1. The predicted octanol–water partition coefficient (Wildman–Crippen LogP) is -0.352. The monoisotopic (exact) mass is 154 g/mol. The van der Waals surface area contributed by atoms with E-state index in [1.807, 2.05) is 6.07 Å². The van der Waals surface area contributed by atoms with E-state index in [9.17, 15) is 0 Å².